The molecule has 1 unspecified atom stereocenters. The second kappa shape index (κ2) is 6.47. The van der Waals surface area contributed by atoms with E-state index in [-0.39, 0.29) is 12.0 Å². The first-order chi connectivity index (χ1) is 9.20. The van der Waals surface area contributed by atoms with Gasteiger partial charge in [0.15, 0.2) is 0 Å². The van der Waals surface area contributed by atoms with Crippen LogP contribution in [-0.2, 0) is 16.1 Å². The molecule has 19 heavy (non-hydrogen) atoms. The van der Waals surface area contributed by atoms with E-state index in [4.69, 9.17) is 9.47 Å². The number of hydrogen-bond donors (Lipinski definition) is 1. The van der Waals surface area contributed by atoms with Gasteiger partial charge in [0.25, 0.3) is 0 Å². The molecule has 1 aliphatic rings. The van der Waals surface area contributed by atoms with E-state index in [9.17, 15) is 4.79 Å². The van der Waals surface area contributed by atoms with Crippen LogP contribution >= 0.6 is 0 Å². The van der Waals surface area contributed by atoms with Crippen molar-refractivity contribution in [1.29, 1.82) is 0 Å². The van der Waals surface area contributed by atoms with Crippen molar-refractivity contribution in [3.63, 3.8) is 0 Å². The standard InChI is InChI=1S/C13H19N3O3/c1-9-7-14-10(13(16-9)18-2)8-15-12(17)11-5-3-4-6-19-11/h7,11H,3-6,8H2,1-2H3,(H,15,17). The summed E-state index contributed by atoms with van der Waals surface area (Å²) in [6.45, 7) is 2.80. The number of carbonyl (C=O) groups excluding carboxylic acids is 1. The van der Waals surface area contributed by atoms with Crippen LogP contribution in [0.1, 0.15) is 30.7 Å². The minimum Gasteiger partial charge on any atom is -0.480 e. The molecule has 2 rings (SSSR count). The molecule has 1 aromatic rings. The normalized spacial score (nSPS) is 18.9. The van der Waals surface area contributed by atoms with Gasteiger partial charge in [-0.05, 0) is 26.2 Å². The van der Waals surface area contributed by atoms with E-state index in [1.54, 1.807) is 13.3 Å². The summed E-state index contributed by atoms with van der Waals surface area (Å²) in [4.78, 5) is 20.4. The summed E-state index contributed by atoms with van der Waals surface area (Å²) in [5.41, 5.74) is 1.40. The average Bonchev–Trinajstić information content (AvgIpc) is 2.46. The van der Waals surface area contributed by atoms with Crippen LogP contribution in [0.25, 0.3) is 0 Å². The van der Waals surface area contributed by atoms with Gasteiger partial charge in [-0.2, -0.15) is 0 Å². The molecule has 0 saturated carbocycles. The Kier molecular flexibility index (Phi) is 4.68. The summed E-state index contributed by atoms with van der Waals surface area (Å²) in [5.74, 6) is 0.356. The van der Waals surface area contributed by atoms with Gasteiger partial charge in [0.1, 0.15) is 11.8 Å². The lowest BCUT2D eigenvalue weighted by atomic mass is 10.1. The summed E-state index contributed by atoms with van der Waals surface area (Å²) < 4.78 is 10.6. The monoisotopic (exact) mass is 265 g/mol. The highest BCUT2D eigenvalue weighted by atomic mass is 16.5. The van der Waals surface area contributed by atoms with Gasteiger partial charge in [0.05, 0.1) is 19.3 Å². The Morgan fingerprint density at radius 3 is 3.11 bits per heavy atom. The topological polar surface area (TPSA) is 73.3 Å². The predicted octanol–water partition coefficient (Wildman–Crippen LogP) is 0.979. The first-order valence-electron chi connectivity index (χ1n) is 6.46. The number of ether oxygens (including phenoxy) is 2. The van der Waals surface area contributed by atoms with Crippen LogP contribution in [0.4, 0.5) is 0 Å². The summed E-state index contributed by atoms with van der Waals surface area (Å²) in [5, 5.41) is 2.82. The van der Waals surface area contributed by atoms with Crippen LogP contribution in [0, 0.1) is 6.92 Å². The number of carbonyl (C=O) groups is 1. The fourth-order valence-electron chi connectivity index (χ4n) is 2.00. The highest BCUT2D eigenvalue weighted by Crippen LogP contribution is 2.14. The fourth-order valence-corrected chi connectivity index (χ4v) is 2.00. The third-order valence-corrected chi connectivity index (χ3v) is 3.03. The zero-order valence-corrected chi connectivity index (χ0v) is 11.3. The molecule has 6 heteroatoms. The molecule has 1 aromatic heterocycles. The maximum absolute atomic E-state index is 11.9. The largest absolute Gasteiger partial charge is 0.480 e. The molecule has 1 amide bonds. The Bertz CT molecular complexity index is 445. The maximum atomic E-state index is 11.9. The Labute approximate surface area is 112 Å². The molecule has 1 saturated heterocycles. The molecule has 1 fully saturated rings. The van der Waals surface area contributed by atoms with Crippen LogP contribution in [0.3, 0.4) is 0 Å². The minimum atomic E-state index is -0.335. The number of amides is 1. The van der Waals surface area contributed by atoms with Crippen molar-refractivity contribution < 1.29 is 14.3 Å². The first kappa shape index (κ1) is 13.7. The number of nitrogens with one attached hydrogen (secondary N) is 1. The third kappa shape index (κ3) is 3.64. The molecule has 0 aliphatic carbocycles. The van der Waals surface area contributed by atoms with E-state index in [2.05, 4.69) is 15.3 Å². The number of methoxy groups -OCH3 is 1. The van der Waals surface area contributed by atoms with E-state index in [1.165, 1.54) is 0 Å². The number of hydrogen-bond acceptors (Lipinski definition) is 5. The van der Waals surface area contributed by atoms with Crippen molar-refractivity contribution in [1.82, 2.24) is 15.3 Å². The molecule has 1 atom stereocenters. The van der Waals surface area contributed by atoms with Crippen LogP contribution < -0.4 is 10.1 Å². The van der Waals surface area contributed by atoms with E-state index < -0.39 is 0 Å². The summed E-state index contributed by atoms with van der Waals surface area (Å²) >= 11 is 0. The Morgan fingerprint density at radius 2 is 2.42 bits per heavy atom. The zero-order valence-electron chi connectivity index (χ0n) is 11.3. The first-order valence-corrected chi connectivity index (χ1v) is 6.46. The highest BCUT2D eigenvalue weighted by molar-refractivity contribution is 5.80. The number of rotatable bonds is 4. The van der Waals surface area contributed by atoms with Crippen molar-refractivity contribution in [2.75, 3.05) is 13.7 Å². The Morgan fingerprint density at radius 1 is 1.58 bits per heavy atom. The molecular weight excluding hydrogens is 246 g/mol. The van der Waals surface area contributed by atoms with Crippen molar-refractivity contribution in [3.8, 4) is 5.88 Å². The van der Waals surface area contributed by atoms with E-state index in [0.717, 1.165) is 25.0 Å². The van der Waals surface area contributed by atoms with Crippen LogP contribution in [0.15, 0.2) is 6.20 Å². The molecule has 0 aromatic carbocycles. The molecule has 0 spiro atoms. The van der Waals surface area contributed by atoms with Crippen molar-refractivity contribution >= 4 is 5.91 Å². The van der Waals surface area contributed by atoms with Gasteiger partial charge in [-0.3, -0.25) is 9.78 Å². The van der Waals surface area contributed by atoms with Crippen LogP contribution in [0.5, 0.6) is 5.88 Å². The quantitative estimate of drug-likeness (QED) is 0.878. The molecule has 6 nitrogen and oxygen atoms in total. The van der Waals surface area contributed by atoms with E-state index in [1.807, 2.05) is 6.92 Å². The third-order valence-electron chi connectivity index (χ3n) is 3.03. The Balaban J connectivity index is 1.92. The summed E-state index contributed by atoms with van der Waals surface area (Å²) in [6, 6.07) is 0. The molecule has 1 N–H and O–H groups in total. The number of aryl methyl sites for hydroxylation is 1. The van der Waals surface area contributed by atoms with Crippen LogP contribution in [0.2, 0.25) is 0 Å². The van der Waals surface area contributed by atoms with Gasteiger partial charge >= 0.3 is 0 Å². The Hall–Kier alpha value is -1.69. The molecule has 104 valence electrons. The lowest BCUT2D eigenvalue weighted by Gasteiger charge is -2.21. The second-order valence-corrected chi connectivity index (χ2v) is 4.54. The van der Waals surface area contributed by atoms with Gasteiger partial charge in [0.2, 0.25) is 11.8 Å². The highest BCUT2D eigenvalue weighted by Gasteiger charge is 2.22. The lowest BCUT2D eigenvalue weighted by Crippen LogP contribution is -2.38. The summed E-state index contributed by atoms with van der Waals surface area (Å²) in [7, 11) is 1.54. The maximum Gasteiger partial charge on any atom is 0.249 e. The lowest BCUT2D eigenvalue weighted by molar-refractivity contribution is -0.135. The predicted molar refractivity (Wildman–Crippen MR) is 68.8 cm³/mol. The fraction of sp³-hybridized carbons (Fsp3) is 0.615. The molecule has 0 bridgehead atoms. The molecular formula is C13H19N3O3. The van der Waals surface area contributed by atoms with E-state index in [0.29, 0.717) is 24.7 Å². The smallest absolute Gasteiger partial charge is 0.249 e. The van der Waals surface area contributed by atoms with Crippen molar-refractivity contribution in [3.05, 3.63) is 17.6 Å². The SMILES string of the molecule is COc1nc(C)cnc1CNC(=O)C1CCCCO1. The zero-order chi connectivity index (χ0) is 13.7. The average molecular weight is 265 g/mol. The van der Waals surface area contributed by atoms with Gasteiger partial charge in [0, 0.05) is 12.8 Å². The van der Waals surface area contributed by atoms with Gasteiger partial charge in [-0.1, -0.05) is 0 Å². The van der Waals surface area contributed by atoms with Crippen molar-refractivity contribution in [2.24, 2.45) is 0 Å². The molecule has 1 aliphatic heterocycles. The van der Waals surface area contributed by atoms with Crippen molar-refractivity contribution in [2.45, 2.75) is 38.8 Å². The molecule has 0 radical (unpaired) electrons. The van der Waals surface area contributed by atoms with Crippen LogP contribution in [-0.4, -0.2) is 35.7 Å². The van der Waals surface area contributed by atoms with Gasteiger partial charge in [-0.15, -0.1) is 0 Å². The number of nitrogens with zero attached hydrogens (tertiary/aromatic N) is 2. The minimum absolute atomic E-state index is 0.0934. The second-order valence-electron chi connectivity index (χ2n) is 4.54. The van der Waals surface area contributed by atoms with Gasteiger partial charge in [-0.25, -0.2) is 4.98 Å². The van der Waals surface area contributed by atoms with E-state index >= 15 is 0 Å². The van der Waals surface area contributed by atoms with Gasteiger partial charge < -0.3 is 14.8 Å². The molecule has 2 heterocycles. The summed E-state index contributed by atoms with van der Waals surface area (Å²) in [6.07, 6.45) is 4.16. The number of aromatic nitrogens is 2.